The van der Waals surface area contributed by atoms with Crippen molar-refractivity contribution in [1.82, 2.24) is 15.1 Å². The number of nitrogens with zero attached hydrogens (tertiary/aromatic N) is 2. The standard InChI is InChI=1S/C17H30BrN3/c1-4-15-17(18)16(21(5-2)20-15)12-19-13(3)14-10-8-6-7-9-11-14/h13-14,19H,4-12H2,1-3H3/t13-/m1/s1. The van der Waals surface area contributed by atoms with Crippen LogP contribution in [0.4, 0.5) is 0 Å². The zero-order valence-corrected chi connectivity index (χ0v) is 15.4. The van der Waals surface area contributed by atoms with E-state index >= 15 is 0 Å². The Bertz CT molecular complexity index is 433. The topological polar surface area (TPSA) is 29.9 Å². The van der Waals surface area contributed by atoms with Gasteiger partial charge in [-0.1, -0.05) is 32.6 Å². The smallest absolute Gasteiger partial charge is 0.0767 e. The van der Waals surface area contributed by atoms with E-state index < -0.39 is 0 Å². The second kappa shape index (κ2) is 8.33. The normalized spacial score (nSPS) is 18.7. The van der Waals surface area contributed by atoms with E-state index in [-0.39, 0.29) is 0 Å². The molecule has 0 amide bonds. The second-order valence-electron chi connectivity index (χ2n) is 6.30. The van der Waals surface area contributed by atoms with Crippen molar-refractivity contribution in [3.63, 3.8) is 0 Å². The third kappa shape index (κ3) is 4.32. The molecule has 1 aromatic rings. The van der Waals surface area contributed by atoms with Crippen LogP contribution in [-0.4, -0.2) is 15.8 Å². The number of nitrogens with one attached hydrogen (secondary N) is 1. The van der Waals surface area contributed by atoms with Crippen LogP contribution >= 0.6 is 15.9 Å². The van der Waals surface area contributed by atoms with Gasteiger partial charge in [0.15, 0.2) is 0 Å². The number of aromatic nitrogens is 2. The lowest BCUT2D eigenvalue weighted by Crippen LogP contribution is -2.33. The van der Waals surface area contributed by atoms with Crippen LogP contribution in [0.15, 0.2) is 4.47 Å². The maximum absolute atomic E-state index is 4.68. The first kappa shape index (κ1) is 17.0. The van der Waals surface area contributed by atoms with Crippen molar-refractivity contribution in [2.45, 2.75) is 84.8 Å². The lowest BCUT2D eigenvalue weighted by molar-refractivity contribution is 0.333. The van der Waals surface area contributed by atoms with Crippen LogP contribution in [0.25, 0.3) is 0 Å². The van der Waals surface area contributed by atoms with Crippen molar-refractivity contribution in [1.29, 1.82) is 0 Å². The summed E-state index contributed by atoms with van der Waals surface area (Å²) in [5.74, 6) is 0.843. The van der Waals surface area contributed by atoms with Gasteiger partial charge in [0.2, 0.25) is 0 Å². The Morgan fingerprint density at radius 1 is 1.24 bits per heavy atom. The molecule has 0 aliphatic heterocycles. The average molecular weight is 356 g/mol. The van der Waals surface area contributed by atoms with Crippen molar-refractivity contribution in [3.8, 4) is 0 Å². The summed E-state index contributed by atoms with van der Waals surface area (Å²) in [4.78, 5) is 0. The van der Waals surface area contributed by atoms with Crippen LogP contribution in [0.2, 0.25) is 0 Å². The van der Waals surface area contributed by atoms with Crippen LogP contribution in [-0.2, 0) is 19.5 Å². The Morgan fingerprint density at radius 3 is 2.48 bits per heavy atom. The number of hydrogen-bond acceptors (Lipinski definition) is 2. The molecule has 1 fully saturated rings. The quantitative estimate of drug-likeness (QED) is 0.751. The summed E-state index contributed by atoms with van der Waals surface area (Å²) >= 11 is 3.74. The summed E-state index contributed by atoms with van der Waals surface area (Å²) < 4.78 is 3.34. The molecule has 1 heterocycles. The van der Waals surface area contributed by atoms with Crippen molar-refractivity contribution < 1.29 is 0 Å². The summed E-state index contributed by atoms with van der Waals surface area (Å²) in [7, 11) is 0. The fraction of sp³-hybridized carbons (Fsp3) is 0.824. The fourth-order valence-electron chi connectivity index (χ4n) is 3.42. The van der Waals surface area contributed by atoms with Gasteiger partial charge in [-0.3, -0.25) is 4.68 Å². The highest BCUT2D eigenvalue weighted by molar-refractivity contribution is 9.10. The molecular weight excluding hydrogens is 326 g/mol. The van der Waals surface area contributed by atoms with Gasteiger partial charge in [0.1, 0.15) is 0 Å². The van der Waals surface area contributed by atoms with Gasteiger partial charge in [-0.25, -0.2) is 0 Å². The Balaban J connectivity index is 1.96. The van der Waals surface area contributed by atoms with Crippen molar-refractivity contribution in [2.75, 3.05) is 0 Å². The molecule has 1 aliphatic rings. The summed E-state index contributed by atoms with van der Waals surface area (Å²) in [6, 6.07) is 0.597. The van der Waals surface area contributed by atoms with E-state index in [0.29, 0.717) is 6.04 Å². The number of aryl methyl sites for hydroxylation is 2. The van der Waals surface area contributed by atoms with Gasteiger partial charge >= 0.3 is 0 Å². The molecule has 2 rings (SSSR count). The largest absolute Gasteiger partial charge is 0.308 e. The molecule has 0 aromatic carbocycles. The number of hydrogen-bond donors (Lipinski definition) is 1. The van der Waals surface area contributed by atoms with Gasteiger partial charge in [0.05, 0.1) is 15.9 Å². The minimum Gasteiger partial charge on any atom is -0.308 e. The van der Waals surface area contributed by atoms with Crippen molar-refractivity contribution >= 4 is 15.9 Å². The Labute approximate surface area is 138 Å². The zero-order chi connectivity index (χ0) is 15.2. The molecule has 0 unspecified atom stereocenters. The van der Waals surface area contributed by atoms with Crippen LogP contribution in [0, 0.1) is 5.92 Å². The lowest BCUT2D eigenvalue weighted by Gasteiger charge is -2.24. The van der Waals surface area contributed by atoms with Gasteiger partial charge in [-0.05, 0) is 55.0 Å². The molecule has 3 nitrogen and oxygen atoms in total. The summed E-state index contributed by atoms with van der Waals surface area (Å²) in [5.41, 5.74) is 2.48. The molecule has 0 saturated heterocycles. The molecule has 0 bridgehead atoms. The third-order valence-corrected chi connectivity index (χ3v) is 5.81. The van der Waals surface area contributed by atoms with Crippen LogP contribution in [0.5, 0.6) is 0 Å². The monoisotopic (exact) mass is 355 g/mol. The molecule has 1 saturated carbocycles. The maximum atomic E-state index is 4.68. The summed E-state index contributed by atoms with van der Waals surface area (Å²) in [6.45, 7) is 8.54. The van der Waals surface area contributed by atoms with E-state index in [0.717, 1.165) is 25.4 Å². The van der Waals surface area contributed by atoms with E-state index in [1.807, 2.05) is 0 Å². The molecule has 120 valence electrons. The lowest BCUT2D eigenvalue weighted by atomic mass is 9.93. The Hall–Kier alpha value is -0.350. The first-order chi connectivity index (χ1) is 10.2. The van der Waals surface area contributed by atoms with E-state index in [1.165, 1.54) is 54.4 Å². The van der Waals surface area contributed by atoms with Crippen molar-refractivity contribution in [2.24, 2.45) is 5.92 Å². The van der Waals surface area contributed by atoms with Gasteiger partial charge in [-0.15, -0.1) is 0 Å². The van der Waals surface area contributed by atoms with E-state index in [1.54, 1.807) is 0 Å². The summed E-state index contributed by atoms with van der Waals surface area (Å²) in [6.07, 6.45) is 9.44. The number of rotatable bonds is 6. The van der Waals surface area contributed by atoms with Crippen LogP contribution < -0.4 is 5.32 Å². The first-order valence-corrected chi connectivity index (χ1v) is 9.44. The summed E-state index contributed by atoms with van der Waals surface area (Å²) in [5, 5.41) is 8.44. The highest BCUT2D eigenvalue weighted by atomic mass is 79.9. The molecule has 1 N–H and O–H groups in total. The molecular formula is C17H30BrN3. The predicted octanol–water partition coefficient (Wildman–Crippen LogP) is 4.68. The highest BCUT2D eigenvalue weighted by Gasteiger charge is 2.20. The van der Waals surface area contributed by atoms with E-state index in [9.17, 15) is 0 Å². The minimum absolute atomic E-state index is 0.597. The second-order valence-corrected chi connectivity index (χ2v) is 7.09. The van der Waals surface area contributed by atoms with Gasteiger partial charge in [-0.2, -0.15) is 5.10 Å². The Morgan fingerprint density at radius 2 is 1.90 bits per heavy atom. The maximum Gasteiger partial charge on any atom is 0.0767 e. The Kier molecular flexibility index (Phi) is 6.74. The average Bonchev–Trinajstić information content (AvgIpc) is 2.69. The molecule has 1 atom stereocenters. The van der Waals surface area contributed by atoms with Crippen LogP contribution in [0.3, 0.4) is 0 Å². The third-order valence-electron chi connectivity index (χ3n) is 4.89. The zero-order valence-electron chi connectivity index (χ0n) is 13.8. The van der Waals surface area contributed by atoms with Crippen LogP contribution in [0.1, 0.15) is 70.7 Å². The predicted molar refractivity (Wildman–Crippen MR) is 92.5 cm³/mol. The molecule has 1 aliphatic carbocycles. The molecule has 21 heavy (non-hydrogen) atoms. The molecule has 1 aromatic heterocycles. The first-order valence-electron chi connectivity index (χ1n) is 8.64. The number of halogens is 1. The van der Waals surface area contributed by atoms with Gasteiger partial charge in [0, 0.05) is 19.1 Å². The van der Waals surface area contributed by atoms with Crippen molar-refractivity contribution in [3.05, 3.63) is 15.9 Å². The minimum atomic E-state index is 0.597. The van der Waals surface area contributed by atoms with Gasteiger partial charge in [0.25, 0.3) is 0 Å². The van der Waals surface area contributed by atoms with Gasteiger partial charge < -0.3 is 5.32 Å². The molecule has 4 heteroatoms. The fourth-order valence-corrected chi connectivity index (χ4v) is 4.13. The van der Waals surface area contributed by atoms with E-state index in [4.69, 9.17) is 0 Å². The highest BCUT2D eigenvalue weighted by Crippen LogP contribution is 2.26. The van der Waals surface area contributed by atoms with E-state index in [2.05, 4.69) is 51.8 Å². The molecule has 0 spiro atoms. The molecule has 0 radical (unpaired) electrons. The SMILES string of the molecule is CCc1nn(CC)c(CN[C@H](C)C2CCCCCC2)c1Br.